The topological polar surface area (TPSA) is 55.4 Å². The zero-order valence-electron chi connectivity index (χ0n) is 11.4. The molecule has 2 rings (SSSR count). The van der Waals surface area contributed by atoms with Crippen LogP contribution in [0.25, 0.3) is 0 Å². The molecule has 1 N–H and O–H groups in total. The van der Waals surface area contributed by atoms with Gasteiger partial charge in [0.2, 0.25) is 17.4 Å². The van der Waals surface area contributed by atoms with Crippen LogP contribution in [-0.2, 0) is 10.0 Å². The molecule has 130 valence electrons. The van der Waals surface area contributed by atoms with E-state index in [4.69, 9.17) is 0 Å². The summed E-state index contributed by atoms with van der Waals surface area (Å²) >= 11 is 0. The van der Waals surface area contributed by atoms with Crippen LogP contribution in [0.15, 0.2) is 35.2 Å². The van der Waals surface area contributed by atoms with Crippen molar-refractivity contribution in [1.29, 1.82) is 0 Å². The molecule has 0 saturated heterocycles. The maximum Gasteiger partial charge on any atom is 0.387 e. The molecule has 0 saturated carbocycles. The van der Waals surface area contributed by atoms with Gasteiger partial charge in [-0.15, -0.1) is 0 Å². The molecular formula is C13H7F6NO3S. The molecule has 0 radical (unpaired) electrons. The van der Waals surface area contributed by atoms with Gasteiger partial charge >= 0.3 is 6.61 Å². The molecule has 2 aromatic rings. The van der Waals surface area contributed by atoms with Gasteiger partial charge in [-0.05, 0) is 12.1 Å². The second kappa shape index (κ2) is 6.59. The van der Waals surface area contributed by atoms with Gasteiger partial charge in [0.1, 0.15) is 5.69 Å². The van der Waals surface area contributed by atoms with Crippen molar-refractivity contribution in [2.75, 3.05) is 4.72 Å². The monoisotopic (exact) mass is 371 g/mol. The second-order valence-electron chi connectivity index (χ2n) is 4.26. The van der Waals surface area contributed by atoms with Gasteiger partial charge in [-0.2, -0.15) is 17.6 Å². The van der Waals surface area contributed by atoms with Gasteiger partial charge in [0.15, 0.2) is 11.6 Å². The zero-order valence-corrected chi connectivity index (χ0v) is 12.2. The Balaban J connectivity index is 2.53. The third-order valence-corrected chi connectivity index (χ3v) is 4.09. The smallest absolute Gasteiger partial charge is 0.387 e. The number of sulfonamides is 1. The molecule has 11 heteroatoms. The average Bonchev–Trinajstić information content (AvgIpc) is 2.54. The quantitative estimate of drug-likeness (QED) is 0.645. The summed E-state index contributed by atoms with van der Waals surface area (Å²) < 4.78 is 107. The molecule has 0 aromatic heterocycles. The first-order valence-corrected chi connectivity index (χ1v) is 7.52. The summed E-state index contributed by atoms with van der Waals surface area (Å²) in [6.07, 6.45) is 0. The minimum absolute atomic E-state index is 0.447. The zero-order chi connectivity index (χ0) is 18.1. The number of hydrogen-bond donors (Lipinski definition) is 1. The summed E-state index contributed by atoms with van der Waals surface area (Å²) in [6.45, 7) is -3.75. The van der Waals surface area contributed by atoms with Crippen LogP contribution in [0, 0.1) is 23.3 Å². The van der Waals surface area contributed by atoms with E-state index < -0.39 is 56.2 Å². The Morgan fingerprint density at radius 1 is 0.875 bits per heavy atom. The molecule has 2 aromatic carbocycles. The Bertz CT molecular complexity index is 829. The highest BCUT2D eigenvalue weighted by molar-refractivity contribution is 7.92. The van der Waals surface area contributed by atoms with Gasteiger partial charge < -0.3 is 4.74 Å². The summed E-state index contributed by atoms with van der Waals surface area (Å²) in [6, 6.07) is 6.15. The molecule has 0 fully saturated rings. The van der Waals surface area contributed by atoms with Crippen molar-refractivity contribution in [3.8, 4) is 5.75 Å². The fraction of sp³-hybridized carbons (Fsp3) is 0.0769. The number of ether oxygens (including phenoxy) is 1. The van der Waals surface area contributed by atoms with Crippen molar-refractivity contribution >= 4 is 15.7 Å². The summed E-state index contributed by atoms with van der Waals surface area (Å²) in [7, 11) is -4.58. The number of alkyl halides is 2. The van der Waals surface area contributed by atoms with Crippen molar-refractivity contribution in [2.24, 2.45) is 0 Å². The number of halogens is 6. The Labute approximate surface area is 131 Å². The minimum atomic E-state index is -4.58. The number of anilines is 1. The molecule has 0 heterocycles. The molecule has 0 aliphatic heterocycles. The normalized spacial score (nSPS) is 11.6. The van der Waals surface area contributed by atoms with Crippen molar-refractivity contribution in [3.63, 3.8) is 0 Å². The molecule has 0 atom stereocenters. The highest BCUT2D eigenvalue weighted by Gasteiger charge is 2.30. The summed E-state index contributed by atoms with van der Waals surface area (Å²) in [5, 5.41) is 0. The maximum atomic E-state index is 13.8. The number of rotatable bonds is 5. The first kappa shape index (κ1) is 17.9. The molecule has 0 amide bonds. The fourth-order valence-electron chi connectivity index (χ4n) is 1.69. The largest absolute Gasteiger partial charge is 0.428 e. The van der Waals surface area contributed by atoms with Crippen LogP contribution in [0.1, 0.15) is 0 Å². The van der Waals surface area contributed by atoms with E-state index in [9.17, 15) is 34.8 Å². The van der Waals surface area contributed by atoms with E-state index in [2.05, 4.69) is 4.74 Å². The Morgan fingerprint density at radius 3 is 1.83 bits per heavy atom. The van der Waals surface area contributed by atoms with Gasteiger partial charge in [-0.1, -0.05) is 18.2 Å². The van der Waals surface area contributed by atoms with Gasteiger partial charge in [0.05, 0.1) is 4.90 Å². The van der Waals surface area contributed by atoms with Crippen LogP contribution >= 0.6 is 0 Å². The minimum Gasteiger partial charge on any atom is -0.428 e. The van der Waals surface area contributed by atoms with Crippen molar-refractivity contribution < 1.29 is 39.5 Å². The number of nitrogens with one attached hydrogen (secondary N) is 1. The number of benzene rings is 2. The van der Waals surface area contributed by atoms with E-state index in [1.54, 1.807) is 0 Å². The van der Waals surface area contributed by atoms with E-state index in [-0.39, 0.29) is 0 Å². The lowest BCUT2D eigenvalue weighted by atomic mass is 10.2. The molecule has 0 aliphatic carbocycles. The first-order valence-electron chi connectivity index (χ1n) is 6.03. The highest BCUT2D eigenvalue weighted by atomic mass is 32.2. The Kier molecular flexibility index (Phi) is 4.92. The van der Waals surface area contributed by atoms with E-state index >= 15 is 0 Å². The molecular weight excluding hydrogens is 364 g/mol. The summed E-state index contributed by atoms with van der Waals surface area (Å²) in [4.78, 5) is -0.447. The van der Waals surface area contributed by atoms with Crippen LogP contribution in [-0.4, -0.2) is 15.0 Å². The first-order chi connectivity index (χ1) is 11.1. The van der Waals surface area contributed by atoms with Crippen LogP contribution in [0.2, 0.25) is 0 Å². The molecule has 0 aliphatic rings. The summed E-state index contributed by atoms with van der Waals surface area (Å²) in [5.74, 6) is -11.1. The van der Waals surface area contributed by atoms with Gasteiger partial charge in [-0.3, -0.25) is 4.72 Å². The van der Waals surface area contributed by atoms with Crippen molar-refractivity contribution in [2.45, 2.75) is 11.5 Å². The summed E-state index contributed by atoms with van der Waals surface area (Å²) in [5.41, 5.74) is -1.70. The Hall–Kier alpha value is -2.43. The van der Waals surface area contributed by atoms with Crippen LogP contribution in [0.3, 0.4) is 0 Å². The lowest BCUT2D eigenvalue weighted by Crippen LogP contribution is -2.18. The molecule has 0 unspecified atom stereocenters. The third kappa shape index (κ3) is 3.40. The lowest BCUT2D eigenvalue weighted by molar-refractivity contribution is -0.0553. The van der Waals surface area contributed by atoms with E-state index in [0.717, 1.165) is 12.1 Å². The predicted molar refractivity (Wildman–Crippen MR) is 70.2 cm³/mol. The van der Waals surface area contributed by atoms with Crippen LogP contribution < -0.4 is 9.46 Å². The van der Waals surface area contributed by atoms with Gasteiger partial charge in [0.25, 0.3) is 10.0 Å². The fourth-order valence-corrected chi connectivity index (χ4v) is 2.77. The van der Waals surface area contributed by atoms with E-state index in [1.165, 1.54) is 22.9 Å². The van der Waals surface area contributed by atoms with Gasteiger partial charge in [-0.25, -0.2) is 17.2 Å². The SMILES string of the molecule is O=S(=O)(Nc1c(F)c(F)c(OC(F)F)c(F)c1F)c1ccccc1. The second-order valence-corrected chi connectivity index (χ2v) is 5.94. The average molecular weight is 371 g/mol. The highest BCUT2D eigenvalue weighted by Crippen LogP contribution is 2.34. The maximum absolute atomic E-state index is 13.8. The van der Waals surface area contributed by atoms with Crippen molar-refractivity contribution in [3.05, 3.63) is 53.6 Å². The van der Waals surface area contributed by atoms with Crippen LogP contribution in [0.4, 0.5) is 32.0 Å². The number of hydrogen-bond acceptors (Lipinski definition) is 3. The van der Waals surface area contributed by atoms with Crippen LogP contribution in [0.5, 0.6) is 5.75 Å². The van der Waals surface area contributed by atoms with E-state index in [0.29, 0.717) is 0 Å². The van der Waals surface area contributed by atoms with E-state index in [1.807, 2.05) is 0 Å². The van der Waals surface area contributed by atoms with Gasteiger partial charge in [0, 0.05) is 0 Å². The third-order valence-electron chi connectivity index (χ3n) is 2.72. The van der Waals surface area contributed by atoms with Crippen molar-refractivity contribution in [1.82, 2.24) is 0 Å². The molecule has 0 bridgehead atoms. The lowest BCUT2D eigenvalue weighted by Gasteiger charge is -2.14. The molecule has 24 heavy (non-hydrogen) atoms. The predicted octanol–water partition coefficient (Wildman–Crippen LogP) is 3.65. The standard InChI is InChI=1S/C13H7F6NO3S/c14-7-9(16)12(23-13(18)19)10(17)8(15)11(7)20-24(21,22)6-4-2-1-3-5-6/h1-5,13,20H. The Morgan fingerprint density at radius 2 is 1.38 bits per heavy atom. The molecule has 0 spiro atoms. The molecule has 4 nitrogen and oxygen atoms in total.